The van der Waals surface area contributed by atoms with Crippen LogP contribution >= 0.6 is 11.8 Å². The van der Waals surface area contributed by atoms with Gasteiger partial charge in [-0.15, -0.1) is 11.8 Å². The topological polar surface area (TPSA) is 49.3 Å². The molecule has 0 saturated carbocycles. The fourth-order valence-electron chi connectivity index (χ4n) is 1.25. The van der Waals surface area contributed by atoms with E-state index in [4.69, 9.17) is 0 Å². The Morgan fingerprint density at radius 3 is 2.94 bits per heavy atom. The van der Waals surface area contributed by atoms with Crippen LogP contribution in [-0.4, -0.2) is 23.8 Å². The van der Waals surface area contributed by atoms with Crippen molar-refractivity contribution in [1.29, 1.82) is 0 Å². The molecule has 1 atom stereocenters. The average molecular weight is 239 g/mol. The maximum Gasteiger partial charge on any atom is 0.220 e. The first-order chi connectivity index (χ1) is 7.63. The average Bonchev–Trinajstić information content (AvgIpc) is 2.29. The van der Waals surface area contributed by atoms with Crippen molar-refractivity contribution in [3.05, 3.63) is 29.8 Å². The molecule has 0 fully saturated rings. The maximum absolute atomic E-state index is 11.0. The Morgan fingerprint density at radius 1 is 1.56 bits per heavy atom. The van der Waals surface area contributed by atoms with E-state index in [2.05, 4.69) is 5.32 Å². The molecule has 0 spiro atoms. The van der Waals surface area contributed by atoms with Gasteiger partial charge in [-0.2, -0.15) is 0 Å². The van der Waals surface area contributed by atoms with Crippen molar-refractivity contribution in [1.82, 2.24) is 5.32 Å². The Kier molecular flexibility index (Phi) is 5.35. The van der Waals surface area contributed by atoms with Gasteiger partial charge in [0.25, 0.3) is 0 Å². The zero-order chi connectivity index (χ0) is 12.0. The number of thioether (sulfide) groups is 1. The van der Waals surface area contributed by atoms with Gasteiger partial charge in [0.2, 0.25) is 5.91 Å². The molecule has 16 heavy (non-hydrogen) atoms. The summed E-state index contributed by atoms with van der Waals surface area (Å²) >= 11 is 1.62. The van der Waals surface area contributed by atoms with Gasteiger partial charge in [0.1, 0.15) is 0 Å². The molecule has 88 valence electrons. The molecular weight excluding hydrogens is 222 g/mol. The molecule has 1 aromatic carbocycles. The Balaban J connectivity index is 2.48. The predicted molar refractivity (Wildman–Crippen MR) is 66.5 cm³/mol. The second-order valence-electron chi connectivity index (χ2n) is 3.52. The molecule has 0 aliphatic carbocycles. The normalized spacial score (nSPS) is 12.2. The highest BCUT2D eigenvalue weighted by molar-refractivity contribution is 7.99. The lowest BCUT2D eigenvalue weighted by Crippen LogP contribution is -2.17. The Labute approximate surface area is 100 Å². The summed E-state index contributed by atoms with van der Waals surface area (Å²) in [6.07, 6.45) is 0.0690. The van der Waals surface area contributed by atoms with Crippen molar-refractivity contribution >= 4 is 17.7 Å². The quantitative estimate of drug-likeness (QED) is 0.772. The molecule has 0 saturated heterocycles. The van der Waals surface area contributed by atoms with Crippen LogP contribution in [0.25, 0.3) is 0 Å². The zero-order valence-electron chi connectivity index (χ0n) is 9.56. The number of aliphatic hydroxyl groups is 1. The zero-order valence-corrected chi connectivity index (χ0v) is 10.4. The van der Waals surface area contributed by atoms with Gasteiger partial charge in [-0.05, 0) is 24.6 Å². The Morgan fingerprint density at radius 2 is 2.31 bits per heavy atom. The van der Waals surface area contributed by atoms with Gasteiger partial charge in [0.05, 0.1) is 6.10 Å². The van der Waals surface area contributed by atoms with Crippen molar-refractivity contribution in [3.8, 4) is 0 Å². The summed E-state index contributed by atoms with van der Waals surface area (Å²) in [6, 6.07) is 7.76. The van der Waals surface area contributed by atoms with Gasteiger partial charge in [0.15, 0.2) is 0 Å². The van der Waals surface area contributed by atoms with Crippen LogP contribution in [0.15, 0.2) is 29.2 Å². The highest BCUT2D eigenvalue weighted by atomic mass is 32.2. The Bertz CT molecular complexity index is 353. The number of nitrogens with one attached hydrogen (secondary N) is 1. The van der Waals surface area contributed by atoms with Gasteiger partial charge in [-0.25, -0.2) is 0 Å². The molecule has 0 aliphatic heterocycles. The summed E-state index contributed by atoms with van der Waals surface area (Å²) in [6.45, 7) is 1.74. The minimum atomic E-state index is -0.445. The van der Waals surface area contributed by atoms with E-state index in [1.54, 1.807) is 25.7 Å². The molecule has 0 aromatic heterocycles. The van der Waals surface area contributed by atoms with E-state index < -0.39 is 6.10 Å². The number of benzene rings is 1. The molecule has 3 nitrogen and oxygen atoms in total. The summed E-state index contributed by atoms with van der Waals surface area (Å²) in [5.41, 5.74) is 0.907. The minimum absolute atomic E-state index is 0.0548. The van der Waals surface area contributed by atoms with Crippen LogP contribution in [0.3, 0.4) is 0 Å². The predicted octanol–water partition coefficient (Wildman–Crippen LogP) is 1.97. The van der Waals surface area contributed by atoms with Crippen molar-refractivity contribution in [3.63, 3.8) is 0 Å². The molecule has 1 rings (SSSR count). The second kappa shape index (κ2) is 6.55. The van der Waals surface area contributed by atoms with Crippen LogP contribution in [0.4, 0.5) is 0 Å². The van der Waals surface area contributed by atoms with E-state index >= 15 is 0 Å². The molecule has 0 bridgehead atoms. The molecule has 4 heteroatoms. The van der Waals surface area contributed by atoms with Crippen LogP contribution in [0.5, 0.6) is 0 Å². The third-order valence-electron chi connectivity index (χ3n) is 2.22. The number of carbonyl (C=O) groups is 1. The monoisotopic (exact) mass is 239 g/mol. The Hall–Kier alpha value is -1.00. The molecule has 1 aromatic rings. The third-order valence-corrected chi connectivity index (χ3v) is 3.21. The number of aliphatic hydroxyl groups excluding tert-OH is 1. The van der Waals surface area contributed by atoms with Gasteiger partial charge >= 0.3 is 0 Å². The fourth-order valence-corrected chi connectivity index (χ4v) is 2.17. The number of hydrogen-bond donors (Lipinski definition) is 2. The largest absolute Gasteiger partial charge is 0.389 e. The van der Waals surface area contributed by atoms with E-state index in [1.165, 1.54) is 0 Å². The molecule has 0 aliphatic rings. The lowest BCUT2D eigenvalue weighted by Gasteiger charge is -2.07. The number of carbonyl (C=O) groups excluding carboxylic acids is 1. The highest BCUT2D eigenvalue weighted by Crippen LogP contribution is 2.22. The lowest BCUT2D eigenvalue weighted by atomic mass is 10.1. The summed E-state index contributed by atoms with van der Waals surface area (Å²) < 4.78 is 0. The van der Waals surface area contributed by atoms with Crippen LogP contribution < -0.4 is 5.32 Å². The first-order valence-corrected chi connectivity index (χ1v) is 6.23. The summed E-state index contributed by atoms with van der Waals surface area (Å²) in [4.78, 5) is 12.1. The first kappa shape index (κ1) is 13.1. The lowest BCUT2D eigenvalue weighted by molar-refractivity contribution is -0.120. The molecule has 2 N–H and O–H groups in total. The molecular formula is C12H17NO2S. The highest BCUT2D eigenvalue weighted by Gasteiger charge is 2.03. The van der Waals surface area contributed by atoms with E-state index in [-0.39, 0.29) is 5.91 Å². The van der Waals surface area contributed by atoms with Gasteiger partial charge in [0, 0.05) is 24.1 Å². The second-order valence-corrected chi connectivity index (χ2v) is 4.69. The summed E-state index contributed by atoms with van der Waals surface area (Å²) in [5.74, 6) is 0.808. The van der Waals surface area contributed by atoms with E-state index in [9.17, 15) is 9.90 Å². The standard InChI is InChI=1S/C12H17NO2S/c1-9(14)10-4-3-5-11(8-10)16-7-6-12(15)13-2/h3-5,8-9,14H,6-7H2,1-2H3,(H,13,15). The van der Waals surface area contributed by atoms with Crippen molar-refractivity contribution in [2.75, 3.05) is 12.8 Å². The van der Waals surface area contributed by atoms with E-state index in [0.29, 0.717) is 6.42 Å². The maximum atomic E-state index is 11.0. The first-order valence-electron chi connectivity index (χ1n) is 5.25. The van der Waals surface area contributed by atoms with Crippen molar-refractivity contribution in [2.24, 2.45) is 0 Å². The van der Waals surface area contributed by atoms with Gasteiger partial charge in [-0.1, -0.05) is 12.1 Å². The summed E-state index contributed by atoms with van der Waals surface area (Å²) in [5, 5.41) is 12.0. The molecule has 0 radical (unpaired) electrons. The smallest absolute Gasteiger partial charge is 0.220 e. The SMILES string of the molecule is CNC(=O)CCSc1cccc(C(C)O)c1. The number of hydrogen-bond acceptors (Lipinski definition) is 3. The van der Waals surface area contributed by atoms with Crippen LogP contribution in [0.1, 0.15) is 25.0 Å². The molecule has 1 unspecified atom stereocenters. The van der Waals surface area contributed by atoms with Crippen LogP contribution in [0, 0.1) is 0 Å². The number of rotatable bonds is 5. The van der Waals surface area contributed by atoms with Crippen LogP contribution in [0.2, 0.25) is 0 Å². The third kappa shape index (κ3) is 4.24. The summed E-state index contributed by atoms with van der Waals surface area (Å²) in [7, 11) is 1.64. The van der Waals surface area contributed by atoms with Crippen LogP contribution in [-0.2, 0) is 4.79 Å². The number of amides is 1. The minimum Gasteiger partial charge on any atom is -0.389 e. The van der Waals surface area contributed by atoms with E-state index in [1.807, 2.05) is 24.3 Å². The van der Waals surface area contributed by atoms with Crippen molar-refractivity contribution in [2.45, 2.75) is 24.3 Å². The van der Waals surface area contributed by atoms with Crippen molar-refractivity contribution < 1.29 is 9.90 Å². The van der Waals surface area contributed by atoms with E-state index in [0.717, 1.165) is 16.2 Å². The van der Waals surface area contributed by atoms with Gasteiger partial charge < -0.3 is 10.4 Å². The molecule has 0 heterocycles. The molecule has 1 amide bonds. The van der Waals surface area contributed by atoms with Gasteiger partial charge in [-0.3, -0.25) is 4.79 Å². The fraction of sp³-hybridized carbons (Fsp3) is 0.417.